The number of pyridine rings is 1. The number of aryl methyl sites for hydroxylation is 2. The van der Waals surface area contributed by atoms with Gasteiger partial charge in [-0.05, 0) is 80.0 Å². The van der Waals surface area contributed by atoms with E-state index >= 15 is 0 Å². The summed E-state index contributed by atoms with van der Waals surface area (Å²) in [5.74, 6) is -1.03. The van der Waals surface area contributed by atoms with E-state index in [0.717, 1.165) is 40.9 Å². The molecule has 11 nitrogen and oxygen atoms in total. The fourth-order valence-electron chi connectivity index (χ4n) is 5.31. The first-order chi connectivity index (χ1) is 21.9. The van der Waals surface area contributed by atoms with Gasteiger partial charge in [0, 0.05) is 24.8 Å². The number of amides is 2. The Morgan fingerprint density at radius 1 is 0.957 bits per heavy atom. The molecule has 5 rings (SSSR count). The number of halogens is 1. The molecule has 2 amide bonds. The van der Waals surface area contributed by atoms with Crippen LogP contribution in [-0.2, 0) is 27.8 Å². The van der Waals surface area contributed by atoms with Gasteiger partial charge in [-0.3, -0.25) is 18.5 Å². The highest BCUT2D eigenvalue weighted by atomic mass is 32.2. The van der Waals surface area contributed by atoms with Crippen LogP contribution in [0.3, 0.4) is 0 Å². The summed E-state index contributed by atoms with van der Waals surface area (Å²) >= 11 is 0. The van der Waals surface area contributed by atoms with Gasteiger partial charge in [0.2, 0.25) is 5.88 Å². The SMILES string of the molecule is Cc1cc(C(=O)N[C@H]2CC[C@H](NC(=O)c3cc(F)cnc3Oc3cccc(-c4cccc(CCOS(C)(=O)=O)c4)c3)CC2)nn1C. The number of nitrogens with one attached hydrogen (secondary N) is 2. The van der Waals surface area contributed by atoms with Gasteiger partial charge in [-0.2, -0.15) is 13.5 Å². The lowest BCUT2D eigenvalue weighted by Gasteiger charge is -2.29. The molecule has 2 N–H and O–H groups in total. The van der Waals surface area contributed by atoms with E-state index in [1.54, 1.807) is 36.0 Å². The zero-order chi connectivity index (χ0) is 32.8. The summed E-state index contributed by atoms with van der Waals surface area (Å²) < 4.78 is 49.3. The van der Waals surface area contributed by atoms with E-state index in [9.17, 15) is 22.4 Å². The predicted molar refractivity (Wildman–Crippen MR) is 170 cm³/mol. The highest BCUT2D eigenvalue weighted by molar-refractivity contribution is 7.85. The third-order valence-corrected chi connectivity index (χ3v) is 8.40. The van der Waals surface area contributed by atoms with Crippen LogP contribution in [0.15, 0.2) is 66.9 Å². The zero-order valence-corrected chi connectivity index (χ0v) is 26.6. The van der Waals surface area contributed by atoms with Crippen LogP contribution >= 0.6 is 0 Å². The van der Waals surface area contributed by atoms with Gasteiger partial charge in [0.05, 0.1) is 19.1 Å². The summed E-state index contributed by atoms with van der Waals surface area (Å²) in [5.41, 5.74) is 3.82. The molecule has 4 aromatic rings. The van der Waals surface area contributed by atoms with Crippen molar-refractivity contribution in [1.82, 2.24) is 25.4 Å². The van der Waals surface area contributed by atoms with E-state index in [0.29, 0.717) is 43.5 Å². The molecule has 13 heteroatoms. The van der Waals surface area contributed by atoms with Gasteiger partial charge in [0.25, 0.3) is 21.9 Å². The maximum Gasteiger partial charge on any atom is 0.272 e. The Kier molecular flexibility index (Phi) is 10.1. The van der Waals surface area contributed by atoms with Crippen molar-refractivity contribution in [3.8, 4) is 22.8 Å². The number of hydrogen-bond donors (Lipinski definition) is 2. The minimum Gasteiger partial charge on any atom is -0.438 e. The average molecular weight is 650 g/mol. The van der Waals surface area contributed by atoms with Gasteiger partial charge in [-0.15, -0.1) is 0 Å². The number of rotatable bonds is 11. The van der Waals surface area contributed by atoms with Crippen LogP contribution in [0.5, 0.6) is 11.6 Å². The molecule has 0 bridgehead atoms. The van der Waals surface area contributed by atoms with E-state index in [1.165, 1.54) is 0 Å². The first-order valence-corrected chi connectivity index (χ1v) is 16.7. The molecule has 0 unspecified atom stereocenters. The van der Waals surface area contributed by atoms with Crippen molar-refractivity contribution >= 4 is 21.9 Å². The maximum atomic E-state index is 14.3. The van der Waals surface area contributed by atoms with Gasteiger partial charge >= 0.3 is 0 Å². The number of carbonyl (C=O) groups excluding carboxylic acids is 2. The minimum atomic E-state index is -3.52. The van der Waals surface area contributed by atoms with Crippen LogP contribution in [-0.4, -0.2) is 59.9 Å². The normalized spacial score (nSPS) is 16.5. The van der Waals surface area contributed by atoms with Crippen molar-refractivity contribution in [2.75, 3.05) is 12.9 Å². The zero-order valence-electron chi connectivity index (χ0n) is 25.8. The first-order valence-electron chi connectivity index (χ1n) is 14.9. The molecule has 0 atom stereocenters. The van der Waals surface area contributed by atoms with Gasteiger partial charge in [0.15, 0.2) is 0 Å². The lowest BCUT2D eigenvalue weighted by molar-refractivity contribution is 0.0887. The second-order valence-corrected chi connectivity index (χ2v) is 13.0. The lowest BCUT2D eigenvalue weighted by atomic mass is 9.91. The average Bonchev–Trinajstić information content (AvgIpc) is 3.36. The molecule has 0 aliphatic heterocycles. The molecule has 1 aliphatic carbocycles. The summed E-state index contributed by atoms with van der Waals surface area (Å²) in [7, 11) is -1.73. The number of carbonyl (C=O) groups is 2. The Morgan fingerprint density at radius 2 is 1.61 bits per heavy atom. The summed E-state index contributed by atoms with van der Waals surface area (Å²) in [4.78, 5) is 30.0. The third kappa shape index (κ3) is 8.76. The fraction of sp³-hybridized carbons (Fsp3) is 0.333. The molecular formula is C33H36FN5O6S. The number of hydrogen-bond acceptors (Lipinski definition) is 8. The van der Waals surface area contributed by atoms with Crippen molar-refractivity contribution < 1.29 is 31.3 Å². The van der Waals surface area contributed by atoms with E-state index in [-0.39, 0.29) is 36.0 Å². The molecule has 1 fully saturated rings. The van der Waals surface area contributed by atoms with Crippen LogP contribution in [0.1, 0.15) is 57.8 Å². The summed E-state index contributed by atoms with van der Waals surface area (Å²) in [5, 5.41) is 10.2. The second-order valence-electron chi connectivity index (χ2n) is 11.4. The van der Waals surface area contributed by atoms with Crippen molar-refractivity contribution in [3.05, 3.63) is 95.2 Å². The van der Waals surface area contributed by atoms with Crippen LogP contribution in [0.4, 0.5) is 4.39 Å². The van der Waals surface area contributed by atoms with E-state index in [1.807, 2.05) is 37.3 Å². The number of nitrogens with zero attached hydrogens (tertiary/aromatic N) is 3. The molecule has 0 spiro atoms. The monoisotopic (exact) mass is 649 g/mol. The molecule has 1 aliphatic rings. The maximum absolute atomic E-state index is 14.3. The molecule has 2 heterocycles. The van der Waals surface area contributed by atoms with Gasteiger partial charge < -0.3 is 15.4 Å². The van der Waals surface area contributed by atoms with Gasteiger partial charge in [-0.25, -0.2) is 9.37 Å². The quantitative estimate of drug-likeness (QED) is 0.223. The highest BCUT2D eigenvalue weighted by Gasteiger charge is 2.26. The van der Waals surface area contributed by atoms with E-state index in [2.05, 4.69) is 20.7 Å². The number of aromatic nitrogens is 3. The Hall–Kier alpha value is -4.62. The third-order valence-electron chi connectivity index (χ3n) is 7.80. The smallest absolute Gasteiger partial charge is 0.272 e. The fourth-order valence-corrected chi connectivity index (χ4v) is 5.70. The molecule has 242 valence electrons. The summed E-state index contributed by atoms with van der Waals surface area (Å²) in [6.45, 7) is 1.92. The Bertz CT molecular complexity index is 1820. The van der Waals surface area contributed by atoms with Crippen LogP contribution in [0, 0.1) is 12.7 Å². The minimum absolute atomic E-state index is 0.0285. The molecule has 0 radical (unpaired) electrons. The van der Waals surface area contributed by atoms with E-state index in [4.69, 9.17) is 8.92 Å². The molecule has 2 aromatic carbocycles. The predicted octanol–water partition coefficient (Wildman–Crippen LogP) is 4.71. The number of ether oxygens (including phenoxy) is 1. The highest BCUT2D eigenvalue weighted by Crippen LogP contribution is 2.29. The Labute approximate surface area is 267 Å². The first kappa shape index (κ1) is 32.8. The summed E-state index contributed by atoms with van der Waals surface area (Å²) in [6.07, 6.45) is 5.04. The molecule has 46 heavy (non-hydrogen) atoms. The van der Waals surface area contributed by atoms with Crippen molar-refractivity contribution in [3.63, 3.8) is 0 Å². The van der Waals surface area contributed by atoms with Crippen LogP contribution < -0.4 is 15.4 Å². The Morgan fingerprint density at radius 3 is 2.26 bits per heavy atom. The lowest BCUT2D eigenvalue weighted by Crippen LogP contribution is -2.44. The molecular weight excluding hydrogens is 613 g/mol. The van der Waals surface area contributed by atoms with Crippen LogP contribution in [0.25, 0.3) is 11.1 Å². The summed E-state index contributed by atoms with van der Waals surface area (Å²) in [6, 6.07) is 17.4. The van der Waals surface area contributed by atoms with Gasteiger partial charge in [-0.1, -0.05) is 36.4 Å². The molecule has 2 aromatic heterocycles. The largest absolute Gasteiger partial charge is 0.438 e. The molecule has 0 saturated heterocycles. The van der Waals surface area contributed by atoms with Crippen molar-refractivity contribution in [2.24, 2.45) is 7.05 Å². The van der Waals surface area contributed by atoms with Crippen molar-refractivity contribution in [2.45, 2.75) is 51.1 Å². The Balaban J connectivity index is 1.21. The second kappa shape index (κ2) is 14.2. The van der Waals surface area contributed by atoms with Crippen LogP contribution in [0.2, 0.25) is 0 Å². The topological polar surface area (TPSA) is 142 Å². The van der Waals surface area contributed by atoms with Crippen molar-refractivity contribution in [1.29, 1.82) is 0 Å². The number of benzene rings is 2. The standard InChI is InChI=1S/C33H36FN5O6S/c1-21-16-30(38-39(21)2)32(41)37-27-12-10-26(11-13-27)36-31(40)29-19-25(34)20-35-33(29)45-28-9-5-8-24(18-28)23-7-4-6-22(17-23)14-15-44-46(3,42)43/h4-9,16-20,26-27H,10-15H2,1-3H3,(H,36,40)(H,37,41)/t26-,27-. The van der Waals surface area contributed by atoms with E-state index < -0.39 is 21.8 Å². The molecule has 1 saturated carbocycles. The van der Waals surface area contributed by atoms with Gasteiger partial charge in [0.1, 0.15) is 22.8 Å².